The molecule has 15 heavy (non-hydrogen) atoms. The van der Waals surface area contributed by atoms with Crippen molar-refractivity contribution in [1.82, 2.24) is 9.97 Å². The second-order valence-electron chi connectivity index (χ2n) is 3.30. The molecule has 0 amide bonds. The number of halogens is 1. The lowest BCUT2D eigenvalue weighted by Crippen LogP contribution is -2.39. The molecule has 1 heterocycles. The van der Waals surface area contributed by atoms with Crippen LogP contribution < -0.4 is 10.6 Å². The van der Waals surface area contributed by atoms with E-state index in [1.54, 1.807) is 19.5 Å². The van der Waals surface area contributed by atoms with E-state index in [4.69, 9.17) is 10.5 Å². The maximum absolute atomic E-state index is 5.83. The predicted molar refractivity (Wildman–Crippen MR) is 67.9 cm³/mol. The molecule has 6 heteroatoms. The molecule has 5 nitrogen and oxygen atoms in total. The number of anilines is 1. The minimum Gasteiger partial charge on any atom is -0.383 e. The molecule has 84 valence electrons. The van der Waals surface area contributed by atoms with Gasteiger partial charge >= 0.3 is 0 Å². The normalized spacial score (nSPS) is 12.5. The first-order chi connectivity index (χ1) is 7.13. The van der Waals surface area contributed by atoms with Gasteiger partial charge in [-0.3, -0.25) is 0 Å². The zero-order chi connectivity index (χ0) is 11.3. The van der Waals surface area contributed by atoms with Crippen molar-refractivity contribution < 1.29 is 4.74 Å². The predicted octanol–water partition coefficient (Wildman–Crippen LogP) is 0.491. The van der Waals surface area contributed by atoms with Gasteiger partial charge in [0.15, 0.2) is 0 Å². The Balaban J connectivity index is 2.53. The Morgan fingerprint density at radius 2 is 2.13 bits per heavy atom. The van der Waals surface area contributed by atoms with Crippen LogP contribution in [0.4, 0.5) is 5.95 Å². The van der Waals surface area contributed by atoms with Crippen molar-refractivity contribution in [1.29, 1.82) is 0 Å². The van der Waals surface area contributed by atoms with Gasteiger partial charge in [-0.15, -0.1) is 0 Å². The van der Waals surface area contributed by atoms with E-state index in [9.17, 15) is 0 Å². The van der Waals surface area contributed by atoms with E-state index < -0.39 is 0 Å². The second-order valence-corrected chi connectivity index (χ2v) is 4.54. The molecule has 0 bridgehead atoms. The minimum absolute atomic E-state index is 0.0251. The number of methoxy groups -OCH3 is 1. The number of aromatic nitrogens is 2. The van der Waals surface area contributed by atoms with Crippen molar-refractivity contribution in [2.24, 2.45) is 5.73 Å². The first-order valence-corrected chi connectivity index (χ1v) is 5.64. The number of likely N-dealkylation sites (N-methyl/N-ethyl adjacent to an activating group) is 1. The number of nitrogens with two attached hydrogens (primary N) is 1. The topological polar surface area (TPSA) is 64.3 Å². The van der Waals surface area contributed by atoms with Gasteiger partial charge in [0.2, 0.25) is 5.95 Å². The van der Waals surface area contributed by atoms with Gasteiger partial charge in [0.25, 0.3) is 0 Å². The molecule has 1 aromatic rings. The maximum Gasteiger partial charge on any atom is 0.225 e. The van der Waals surface area contributed by atoms with Gasteiger partial charge < -0.3 is 15.4 Å². The molecular formula is C9H15IN4O. The number of hydrogen-bond donors (Lipinski definition) is 1. The molecule has 0 aromatic carbocycles. The van der Waals surface area contributed by atoms with Crippen LogP contribution in [-0.4, -0.2) is 43.3 Å². The summed E-state index contributed by atoms with van der Waals surface area (Å²) in [5, 5.41) is 0. The molecule has 0 spiro atoms. The molecular weight excluding hydrogens is 307 g/mol. The Morgan fingerprint density at radius 3 is 2.67 bits per heavy atom. The van der Waals surface area contributed by atoms with Crippen LogP contribution in [0.5, 0.6) is 0 Å². The van der Waals surface area contributed by atoms with Crippen LogP contribution in [0.1, 0.15) is 0 Å². The highest BCUT2D eigenvalue weighted by atomic mass is 127. The van der Waals surface area contributed by atoms with Crippen LogP contribution in [0.25, 0.3) is 0 Å². The van der Waals surface area contributed by atoms with E-state index in [-0.39, 0.29) is 6.04 Å². The van der Waals surface area contributed by atoms with Gasteiger partial charge in [-0.25, -0.2) is 9.97 Å². The summed E-state index contributed by atoms with van der Waals surface area (Å²) >= 11 is 2.17. The molecule has 1 unspecified atom stereocenters. The lowest BCUT2D eigenvalue weighted by molar-refractivity contribution is 0.181. The van der Waals surface area contributed by atoms with Gasteiger partial charge in [-0.2, -0.15) is 0 Å². The summed E-state index contributed by atoms with van der Waals surface area (Å²) in [6, 6.07) is -0.0251. The van der Waals surface area contributed by atoms with Crippen molar-refractivity contribution in [3.05, 3.63) is 16.0 Å². The molecule has 0 radical (unpaired) electrons. The number of ether oxygens (including phenoxy) is 1. The Hall–Kier alpha value is -0.470. The lowest BCUT2D eigenvalue weighted by Gasteiger charge is -2.20. The standard InChI is InChI=1S/C9H15IN4O/c1-14(5-8(11)6-15-2)9-12-3-7(10)4-13-9/h3-4,8H,5-6,11H2,1-2H3. The molecule has 0 saturated carbocycles. The molecule has 0 fully saturated rings. The highest BCUT2D eigenvalue weighted by Gasteiger charge is 2.09. The van der Waals surface area contributed by atoms with Gasteiger partial charge in [-0.05, 0) is 22.6 Å². The molecule has 1 rings (SSSR count). The minimum atomic E-state index is -0.0251. The largest absolute Gasteiger partial charge is 0.383 e. The molecule has 1 aromatic heterocycles. The van der Waals surface area contributed by atoms with E-state index in [2.05, 4.69) is 32.6 Å². The highest BCUT2D eigenvalue weighted by Crippen LogP contribution is 2.06. The SMILES string of the molecule is COCC(N)CN(C)c1ncc(I)cn1. The summed E-state index contributed by atoms with van der Waals surface area (Å²) in [5.74, 6) is 0.682. The molecule has 0 aliphatic heterocycles. The maximum atomic E-state index is 5.83. The molecule has 0 saturated heterocycles. The summed E-state index contributed by atoms with van der Waals surface area (Å²) in [6.07, 6.45) is 3.56. The fraction of sp³-hybridized carbons (Fsp3) is 0.556. The molecule has 0 aliphatic carbocycles. The van der Waals surface area contributed by atoms with Gasteiger partial charge in [0, 0.05) is 42.7 Å². The average Bonchev–Trinajstić information content (AvgIpc) is 2.18. The van der Waals surface area contributed by atoms with Crippen LogP contribution in [0.2, 0.25) is 0 Å². The first kappa shape index (κ1) is 12.6. The zero-order valence-electron chi connectivity index (χ0n) is 8.85. The number of nitrogens with zero attached hydrogens (tertiary/aromatic N) is 3. The van der Waals surface area contributed by atoms with Crippen molar-refractivity contribution in [3.8, 4) is 0 Å². The molecule has 1 atom stereocenters. The van der Waals surface area contributed by atoms with Crippen molar-refractivity contribution in [2.45, 2.75) is 6.04 Å². The fourth-order valence-corrected chi connectivity index (χ4v) is 1.48. The summed E-state index contributed by atoms with van der Waals surface area (Å²) in [4.78, 5) is 10.3. The third-order valence-electron chi connectivity index (χ3n) is 1.84. The van der Waals surface area contributed by atoms with E-state index >= 15 is 0 Å². The van der Waals surface area contributed by atoms with Crippen LogP contribution in [-0.2, 0) is 4.74 Å². The van der Waals surface area contributed by atoms with Gasteiger partial charge in [0.05, 0.1) is 6.61 Å². The molecule has 2 N–H and O–H groups in total. The van der Waals surface area contributed by atoms with Crippen molar-refractivity contribution in [3.63, 3.8) is 0 Å². The zero-order valence-corrected chi connectivity index (χ0v) is 11.0. The monoisotopic (exact) mass is 322 g/mol. The van der Waals surface area contributed by atoms with Crippen molar-refractivity contribution in [2.75, 3.05) is 32.2 Å². The third kappa shape index (κ3) is 4.27. The Bertz CT molecular complexity index is 293. The van der Waals surface area contributed by atoms with E-state index in [1.807, 2.05) is 11.9 Å². The van der Waals surface area contributed by atoms with Crippen LogP contribution in [0.3, 0.4) is 0 Å². The second kappa shape index (κ2) is 6.19. The number of hydrogen-bond acceptors (Lipinski definition) is 5. The van der Waals surface area contributed by atoms with E-state index in [1.165, 1.54) is 0 Å². The average molecular weight is 322 g/mol. The van der Waals surface area contributed by atoms with Gasteiger partial charge in [-0.1, -0.05) is 0 Å². The Labute approximate surface area is 103 Å². The number of rotatable bonds is 5. The van der Waals surface area contributed by atoms with Crippen LogP contribution in [0, 0.1) is 3.57 Å². The summed E-state index contributed by atoms with van der Waals surface area (Å²) in [7, 11) is 3.55. The smallest absolute Gasteiger partial charge is 0.225 e. The first-order valence-electron chi connectivity index (χ1n) is 4.56. The summed E-state index contributed by atoms with van der Waals surface area (Å²) in [5.41, 5.74) is 5.83. The summed E-state index contributed by atoms with van der Waals surface area (Å²) in [6.45, 7) is 1.21. The van der Waals surface area contributed by atoms with E-state index in [0.717, 1.165) is 3.57 Å². The quantitative estimate of drug-likeness (QED) is 0.800. The third-order valence-corrected chi connectivity index (χ3v) is 2.39. The Morgan fingerprint density at radius 1 is 1.53 bits per heavy atom. The van der Waals surface area contributed by atoms with Crippen LogP contribution >= 0.6 is 22.6 Å². The Kier molecular flexibility index (Phi) is 5.20. The van der Waals surface area contributed by atoms with Crippen molar-refractivity contribution >= 4 is 28.5 Å². The highest BCUT2D eigenvalue weighted by molar-refractivity contribution is 14.1. The summed E-state index contributed by atoms with van der Waals surface area (Å²) < 4.78 is 5.99. The fourth-order valence-electron chi connectivity index (χ4n) is 1.20. The van der Waals surface area contributed by atoms with E-state index in [0.29, 0.717) is 19.1 Å². The van der Waals surface area contributed by atoms with Gasteiger partial charge in [0.1, 0.15) is 0 Å². The molecule has 0 aliphatic rings. The lowest BCUT2D eigenvalue weighted by atomic mass is 10.3. The van der Waals surface area contributed by atoms with Crippen LogP contribution in [0.15, 0.2) is 12.4 Å².